The Morgan fingerprint density at radius 1 is 1.42 bits per heavy atom. The van der Waals surface area contributed by atoms with Crippen molar-refractivity contribution >= 4 is 17.6 Å². The molecule has 0 atom stereocenters. The number of aromatic hydroxyl groups is 1. The summed E-state index contributed by atoms with van der Waals surface area (Å²) in [6.07, 6.45) is -0.264. The lowest BCUT2D eigenvalue weighted by Gasteiger charge is -2.04. The topological polar surface area (TPSA) is 95.3 Å². The van der Waals surface area contributed by atoms with Crippen LogP contribution in [0.5, 0.6) is 5.88 Å². The minimum Gasteiger partial charge on any atom is -0.493 e. The molecule has 1 aromatic carbocycles. The third-order valence-electron chi connectivity index (χ3n) is 2.62. The zero-order valence-corrected chi connectivity index (χ0v) is 10.5. The Morgan fingerprint density at radius 3 is 2.79 bits per heavy atom. The molecular weight excluding hydrogens is 272 g/mol. The summed E-state index contributed by atoms with van der Waals surface area (Å²) in [4.78, 5) is 22.2. The highest BCUT2D eigenvalue weighted by Gasteiger charge is 2.16. The van der Waals surface area contributed by atoms with Crippen LogP contribution in [-0.4, -0.2) is 26.0 Å². The van der Waals surface area contributed by atoms with Crippen molar-refractivity contribution in [3.63, 3.8) is 0 Å². The molecule has 0 spiro atoms. The van der Waals surface area contributed by atoms with Crippen LogP contribution in [0.3, 0.4) is 0 Å². The van der Waals surface area contributed by atoms with Crippen LogP contribution in [0, 0.1) is 0 Å². The van der Waals surface area contributed by atoms with E-state index < -0.39 is 11.5 Å². The van der Waals surface area contributed by atoms with Crippen LogP contribution >= 0.6 is 11.6 Å². The molecule has 100 valence electrons. The van der Waals surface area contributed by atoms with E-state index in [1.54, 1.807) is 24.3 Å². The lowest BCUT2D eigenvalue weighted by Crippen LogP contribution is -2.09. The van der Waals surface area contributed by atoms with Gasteiger partial charge in [0.25, 0.3) is 5.56 Å². The maximum atomic E-state index is 11.7. The molecule has 0 amide bonds. The first kappa shape index (κ1) is 13.2. The van der Waals surface area contributed by atoms with Crippen LogP contribution < -0.4 is 5.56 Å². The number of nitrogens with zero attached hydrogens (tertiary/aromatic N) is 1. The quantitative estimate of drug-likeness (QED) is 0.793. The van der Waals surface area contributed by atoms with Gasteiger partial charge in [0.2, 0.25) is 5.88 Å². The molecule has 0 aliphatic heterocycles. The SMILES string of the molecule is O=C(O)CCc1c(O)n(-c2cccc(Cl)c2)[nH]c1=O. The van der Waals surface area contributed by atoms with Crippen molar-refractivity contribution in [3.8, 4) is 11.6 Å². The van der Waals surface area contributed by atoms with Crippen molar-refractivity contribution in [2.24, 2.45) is 0 Å². The standard InChI is InChI=1S/C12H11ClN2O4/c13-7-2-1-3-8(6-7)15-12(19)9(11(18)14-15)4-5-10(16)17/h1-3,6,19H,4-5H2,(H,14,18)(H,16,17). The molecule has 2 aromatic rings. The maximum Gasteiger partial charge on any atom is 0.303 e. The lowest BCUT2D eigenvalue weighted by atomic mass is 10.2. The average molecular weight is 283 g/mol. The molecule has 0 aliphatic carbocycles. The normalized spacial score (nSPS) is 10.6. The van der Waals surface area contributed by atoms with Gasteiger partial charge in [0.05, 0.1) is 11.3 Å². The van der Waals surface area contributed by atoms with E-state index in [0.29, 0.717) is 10.7 Å². The number of carboxylic acids is 1. The largest absolute Gasteiger partial charge is 0.493 e. The second-order valence-electron chi connectivity index (χ2n) is 3.95. The fourth-order valence-corrected chi connectivity index (χ4v) is 1.90. The maximum absolute atomic E-state index is 11.7. The van der Waals surface area contributed by atoms with E-state index in [1.807, 2.05) is 0 Å². The summed E-state index contributed by atoms with van der Waals surface area (Å²) in [5.74, 6) is -1.33. The molecule has 3 N–H and O–H groups in total. The number of aromatic nitrogens is 2. The number of carboxylic acid groups (broad SMARTS) is 1. The Bertz CT molecular complexity index is 675. The van der Waals surface area contributed by atoms with E-state index in [-0.39, 0.29) is 24.3 Å². The first-order valence-corrected chi connectivity index (χ1v) is 5.87. The van der Waals surface area contributed by atoms with E-state index in [0.717, 1.165) is 0 Å². The number of nitrogens with one attached hydrogen (secondary N) is 1. The summed E-state index contributed by atoms with van der Waals surface area (Å²) in [6, 6.07) is 6.56. The van der Waals surface area contributed by atoms with Gasteiger partial charge in [-0.15, -0.1) is 0 Å². The Hall–Kier alpha value is -2.21. The van der Waals surface area contributed by atoms with Gasteiger partial charge in [-0.1, -0.05) is 17.7 Å². The molecule has 2 rings (SSSR count). The van der Waals surface area contributed by atoms with E-state index in [9.17, 15) is 14.7 Å². The van der Waals surface area contributed by atoms with Gasteiger partial charge in [0.1, 0.15) is 0 Å². The van der Waals surface area contributed by atoms with Gasteiger partial charge < -0.3 is 10.2 Å². The predicted molar refractivity (Wildman–Crippen MR) is 69.0 cm³/mol. The first-order valence-electron chi connectivity index (χ1n) is 5.49. The summed E-state index contributed by atoms with van der Waals surface area (Å²) < 4.78 is 1.17. The van der Waals surface area contributed by atoms with E-state index in [4.69, 9.17) is 16.7 Å². The van der Waals surface area contributed by atoms with Gasteiger partial charge in [-0.2, -0.15) is 0 Å². The van der Waals surface area contributed by atoms with Crippen molar-refractivity contribution in [2.45, 2.75) is 12.8 Å². The van der Waals surface area contributed by atoms with Crippen molar-refractivity contribution in [1.82, 2.24) is 9.78 Å². The molecule has 0 aliphatic rings. The molecule has 6 nitrogen and oxygen atoms in total. The van der Waals surface area contributed by atoms with E-state index in [2.05, 4.69) is 5.10 Å². The molecule has 1 heterocycles. The van der Waals surface area contributed by atoms with Crippen molar-refractivity contribution in [3.05, 3.63) is 45.2 Å². The fourth-order valence-electron chi connectivity index (χ4n) is 1.72. The molecule has 0 bridgehead atoms. The third kappa shape index (κ3) is 2.79. The highest BCUT2D eigenvalue weighted by atomic mass is 35.5. The second kappa shape index (κ2) is 5.19. The van der Waals surface area contributed by atoms with Crippen LogP contribution in [0.1, 0.15) is 12.0 Å². The van der Waals surface area contributed by atoms with Crippen LogP contribution in [0.4, 0.5) is 0 Å². The number of aromatic amines is 1. The summed E-state index contributed by atoms with van der Waals surface area (Å²) >= 11 is 5.83. The number of hydrogen-bond donors (Lipinski definition) is 3. The average Bonchev–Trinajstić information content (AvgIpc) is 2.62. The van der Waals surface area contributed by atoms with Crippen molar-refractivity contribution in [1.29, 1.82) is 0 Å². The van der Waals surface area contributed by atoms with Gasteiger partial charge in [-0.25, -0.2) is 4.68 Å². The smallest absolute Gasteiger partial charge is 0.303 e. The fraction of sp³-hybridized carbons (Fsp3) is 0.167. The Balaban J connectivity index is 2.41. The first-order chi connectivity index (χ1) is 8.99. The summed E-state index contributed by atoms with van der Waals surface area (Å²) in [6.45, 7) is 0. The number of benzene rings is 1. The van der Waals surface area contributed by atoms with Crippen LogP contribution in [0.2, 0.25) is 5.02 Å². The van der Waals surface area contributed by atoms with Gasteiger partial charge in [-0.3, -0.25) is 14.7 Å². The molecule has 0 saturated heterocycles. The number of hydrogen-bond acceptors (Lipinski definition) is 3. The monoisotopic (exact) mass is 282 g/mol. The molecule has 0 radical (unpaired) electrons. The lowest BCUT2D eigenvalue weighted by molar-refractivity contribution is -0.136. The molecule has 1 aromatic heterocycles. The summed E-state index contributed by atoms with van der Waals surface area (Å²) in [5.41, 5.74) is 0.0183. The van der Waals surface area contributed by atoms with E-state index in [1.165, 1.54) is 4.68 Å². The molecule has 19 heavy (non-hydrogen) atoms. The highest BCUT2D eigenvalue weighted by Crippen LogP contribution is 2.21. The molecule has 0 unspecified atom stereocenters. The summed E-state index contributed by atoms with van der Waals surface area (Å²) in [7, 11) is 0. The number of halogens is 1. The van der Waals surface area contributed by atoms with Crippen molar-refractivity contribution < 1.29 is 15.0 Å². The zero-order valence-electron chi connectivity index (χ0n) is 9.76. The minimum atomic E-state index is -1.03. The van der Waals surface area contributed by atoms with Gasteiger partial charge in [0, 0.05) is 11.4 Å². The third-order valence-corrected chi connectivity index (χ3v) is 2.86. The van der Waals surface area contributed by atoms with E-state index >= 15 is 0 Å². The van der Waals surface area contributed by atoms with Crippen LogP contribution in [-0.2, 0) is 11.2 Å². The number of carbonyl (C=O) groups is 1. The van der Waals surface area contributed by atoms with Gasteiger partial charge in [-0.05, 0) is 24.6 Å². The summed E-state index contributed by atoms with van der Waals surface area (Å²) in [5, 5.41) is 21.5. The molecule has 0 saturated carbocycles. The van der Waals surface area contributed by atoms with Gasteiger partial charge >= 0.3 is 5.97 Å². The number of H-pyrrole nitrogens is 1. The zero-order chi connectivity index (χ0) is 14.0. The number of rotatable bonds is 4. The minimum absolute atomic E-state index is 0.0376. The Morgan fingerprint density at radius 2 is 2.16 bits per heavy atom. The van der Waals surface area contributed by atoms with Crippen molar-refractivity contribution in [2.75, 3.05) is 0 Å². The molecule has 0 fully saturated rings. The van der Waals surface area contributed by atoms with Crippen LogP contribution in [0.25, 0.3) is 5.69 Å². The van der Waals surface area contributed by atoms with Gasteiger partial charge in [0.15, 0.2) is 0 Å². The Kier molecular flexibility index (Phi) is 3.62. The Labute approximate surface area is 112 Å². The highest BCUT2D eigenvalue weighted by molar-refractivity contribution is 6.30. The van der Waals surface area contributed by atoms with Crippen LogP contribution in [0.15, 0.2) is 29.1 Å². The second-order valence-corrected chi connectivity index (χ2v) is 4.39. The number of aliphatic carboxylic acids is 1. The molecule has 7 heteroatoms. The predicted octanol–water partition coefficient (Wildman–Crippen LogP) is 1.54. The molecular formula is C12H11ClN2O4.